The molecule has 1 aliphatic rings. The molecule has 1 saturated heterocycles. The van der Waals surface area contributed by atoms with Gasteiger partial charge in [0.2, 0.25) is 0 Å². The normalized spacial score (nSPS) is 15.9. The number of aliphatic hydroxyl groups excluding tert-OH is 6. The number of fused-ring (bicyclic) bond motifs is 4. The minimum atomic E-state index is -5.94. The SMILES string of the molecule is C=CC.C=CC.CCCC(CO)OC(CCC)n1cnc2c(SC)ncnc21.CCN=CC(CO)OC(C=NCC)n1cnc2c(SC)ncnc21.CSc1ncnc2c1ncn2C(C=O)OC(C=O)CO.CSc1ncnc2c1ncn2C1OC(CO)C(O)C1O.O=CO[O-].[B].[H-].[Na+].[Na+].[Na+].[O-][I+3]([O-])([O-])[O-]. The summed E-state index contributed by atoms with van der Waals surface area (Å²) in [6, 6.07) is 0. The molecule has 563 valence electrons. The third-order valence-electron chi connectivity index (χ3n) is 12.6. The van der Waals surface area contributed by atoms with Crippen molar-refractivity contribution in [1.29, 1.82) is 0 Å². The van der Waals surface area contributed by atoms with E-state index in [1.807, 2.05) is 57.3 Å². The molecule has 10 atom stereocenters. The molecule has 37 nitrogen and oxygen atoms in total. The van der Waals surface area contributed by atoms with Crippen LogP contribution in [0.1, 0.15) is 93.6 Å². The molecular formula is C59H86BIN18Na3O19S4. The van der Waals surface area contributed by atoms with Gasteiger partial charge >= 0.3 is 88.7 Å². The van der Waals surface area contributed by atoms with Crippen molar-refractivity contribution in [1.82, 2.24) is 78.1 Å². The van der Waals surface area contributed by atoms with Gasteiger partial charge in [-0.2, -0.15) is 0 Å². The van der Waals surface area contributed by atoms with Gasteiger partial charge in [-0.3, -0.25) is 51.6 Å². The molecule has 8 aromatic rings. The maximum Gasteiger partial charge on any atom is 1.00 e. The van der Waals surface area contributed by atoms with E-state index < -0.39 is 75.9 Å². The Balaban J connectivity index is -0.000000605. The summed E-state index contributed by atoms with van der Waals surface area (Å²) >= 11 is -0.0339. The van der Waals surface area contributed by atoms with Crippen LogP contribution in [0, 0.1) is 0 Å². The molecule has 0 aliphatic carbocycles. The molecule has 3 radical (unpaired) electrons. The van der Waals surface area contributed by atoms with E-state index in [4.69, 9.17) is 53.0 Å². The third kappa shape index (κ3) is 34.7. The number of allylic oxidation sites excluding steroid dienone is 2. The number of carbonyl (C=O) groups is 3. The van der Waals surface area contributed by atoms with Gasteiger partial charge in [0.25, 0.3) is 6.47 Å². The zero-order valence-electron chi connectivity index (χ0n) is 61.5. The summed E-state index contributed by atoms with van der Waals surface area (Å²) in [6.45, 7) is 18.6. The molecule has 9 rings (SSSR count). The topological polar surface area (TPSA) is 533 Å². The Labute approximate surface area is 699 Å². The molecule has 105 heavy (non-hydrogen) atoms. The maximum absolute atomic E-state index is 11.1. The van der Waals surface area contributed by atoms with Crippen molar-refractivity contribution in [3.63, 3.8) is 0 Å². The van der Waals surface area contributed by atoms with Crippen LogP contribution in [0.25, 0.3) is 44.7 Å². The molecule has 10 unspecified atom stereocenters. The molecule has 1 aliphatic heterocycles. The minimum absolute atomic E-state index is 0. The second-order valence-electron chi connectivity index (χ2n) is 19.5. The first-order valence-electron chi connectivity index (χ1n) is 30.3. The number of halogens is 1. The van der Waals surface area contributed by atoms with Gasteiger partial charge < -0.3 is 66.0 Å². The fourth-order valence-electron chi connectivity index (χ4n) is 8.42. The van der Waals surface area contributed by atoms with Gasteiger partial charge in [0.15, 0.2) is 53.8 Å². The largest absolute Gasteiger partial charge is 1.00 e. The predicted molar refractivity (Wildman–Crippen MR) is 370 cm³/mol. The number of imidazole rings is 4. The molecule has 6 N–H and O–H groups in total. The summed E-state index contributed by atoms with van der Waals surface area (Å²) in [5, 5.41) is 68.4. The Kier molecular flexibility index (Phi) is 60.5. The smallest absolute Gasteiger partial charge is 1.00 e. The van der Waals surface area contributed by atoms with Crippen LogP contribution in [0.2, 0.25) is 0 Å². The van der Waals surface area contributed by atoms with Crippen molar-refractivity contribution in [3.05, 3.63) is 75.9 Å². The standard InChI is InChI=1S/C15H22N6O2S.C15H24N4O2S.C11H14N4O4S.C11H12N4O4S.2C3H6.CH2O3.B.IO4.3Na.H/c1-4-16-6-11(8-22)23-12(7-17-5-2)21-10-20-13-14(21)18-9-19-15(13)24-3;1-4-6-11(8-20)21-12(7-5-2)19-10-18-13-14(19)16-9-17-15(13)22-3;1-20-10-6-9(12-3-13-10)15(4-14-6)11-8(18)7(17)5(2-16)19-11;1-20-11-9-10(12-5-13-11)15(6-14-9)8(4-18)19-7(2-16)3-17;2*1-3-2;2-1-4-3;;2-1(3,4)5;;;;/h6-7,9-12,22H,4-5,8H2,1-3H3;9-12,20H,4-8H2,1-3H3;3-5,7-8,11,16-18H,2H2,1H3;2,4-8,17H,3H2,1H3;2*3H,1H2,2H3;1,3H;;;;;;/q;;;;;;;;-1;3*+1;-1/p-1. The second kappa shape index (κ2) is 60.2. The van der Waals surface area contributed by atoms with Crippen molar-refractivity contribution < 1.29 is 198 Å². The number of aldehydes is 2. The molecule has 0 bridgehead atoms. The molecule has 1 fully saturated rings. The summed E-state index contributed by atoms with van der Waals surface area (Å²) in [7, 11) is 0. The van der Waals surface area contributed by atoms with Crippen LogP contribution >= 0.6 is 47.0 Å². The van der Waals surface area contributed by atoms with Crippen LogP contribution in [0.5, 0.6) is 0 Å². The van der Waals surface area contributed by atoms with Crippen LogP contribution in [0.4, 0.5) is 0 Å². The van der Waals surface area contributed by atoms with E-state index in [-0.39, 0.29) is 137 Å². The molecule has 8 aromatic heterocycles. The molecule has 0 amide bonds. The number of hydrogen-bond donors (Lipinski definition) is 6. The van der Waals surface area contributed by atoms with Crippen molar-refractivity contribution in [3.8, 4) is 0 Å². The number of aliphatic hydroxyl groups is 6. The van der Waals surface area contributed by atoms with Crippen LogP contribution in [-0.4, -0.2) is 250 Å². The Bertz CT molecular complexity index is 3750. The first kappa shape index (κ1) is 106. The first-order chi connectivity index (χ1) is 48.6. The van der Waals surface area contributed by atoms with Crippen molar-refractivity contribution in [2.45, 2.75) is 149 Å². The Hall–Kier alpha value is -3.58. The summed E-state index contributed by atoms with van der Waals surface area (Å²) in [5.74, 6) is 0. The average Bonchev–Trinajstić information content (AvgIpc) is 1.63. The third-order valence-corrected chi connectivity index (χ3v) is 15.3. The molecule has 46 heteroatoms. The number of ether oxygens (including phenoxy) is 4. The van der Waals surface area contributed by atoms with Crippen molar-refractivity contribution >= 4 is 132 Å². The van der Waals surface area contributed by atoms with Crippen molar-refractivity contribution in [2.75, 3.05) is 64.5 Å². The van der Waals surface area contributed by atoms with E-state index in [0.29, 0.717) is 64.2 Å². The van der Waals surface area contributed by atoms with Crippen LogP contribution < -0.4 is 128 Å². The monoisotopic (exact) mass is 1690 g/mol. The summed E-state index contributed by atoms with van der Waals surface area (Å²) in [4.78, 5) is 92.2. The molecule has 0 saturated carbocycles. The number of rotatable bonds is 29. The van der Waals surface area contributed by atoms with E-state index in [9.17, 15) is 30.0 Å². The molecule has 9 heterocycles. The van der Waals surface area contributed by atoms with Crippen LogP contribution in [0.3, 0.4) is 0 Å². The maximum atomic E-state index is 11.1. The number of carbonyl (C=O) groups excluding carboxylic acids is 3. The number of nitrogens with zero attached hydrogens (tertiary/aromatic N) is 18. The number of hydrogen-bond acceptors (Lipinski definition) is 37. The second-order valence-corrected chi connectivity index (χ2v) is 24.8. The van der Waals surface area contributed by atoms with E-state index in [1.165, 1.54) is 71.5 Å². The average molecular weight is 1690 g/mol. The predicted octanol–water partition coefficient (Wildman–Crippen LogP) is -12.6. The fourth-order valence-corrected chi connectivity index (χ4v) is 10.4. The van der Waals surface area contributed by atoms with E-state index in [1.54, 1.807) is 64.5 Å². The van der Waals surface area contributed by atoms with E-state index >= 15 is 0 Å². The number of thioether (sulfide) groups is 4. The summed E-state index contributed by atoms with van der Waals surface area (Å²) < 4.78 is 63.8. The quantitative estimate of drug-likeness (QED) is 0.00292. The van der Waals surface area contributed by atoms with Crippen molar-refractivity contribution in [2.24, 2.45) is 9.98 Å². The Morgan fingerprint density at radius 3 is 1.31 bits per heavy atom. The summed E-state index contributed by atoms with van der Waals surface area (Å²) in [6.07, 6.45) is 23.6. The van der Waals surface area contributed by atoms with Crippen LogP contribution in [0.15, 0.2) is 106 Å². The molecule has 0 aromatic carbocycles. The minimum Gasteiger partial charge on any atom is -1.00 e. The Morgan fingerprint density at radius 1 is 0.571 bits per heavy atom. The van der Waals surface area contributed by atoms with Gasteiger partial charge in [-0.15, -0.1) is 60.2 Å². The van der Waals surface area contributed by atoms with Gasteiger partial charge in [-0.25, -0.2) is 59.8 Å². The zero-order valence-corrected chi connectivity index (χ0v) is 72.0. The van der Waals surface area contributed by atoms with E-state index in [2.05, 4.69) is 102 Å². The van der Waals surface area contributed by atoms with Crippen LogP contribution in [-0.2, 0) is 38.2 Å². The van der Waals surface area contributed by atoms with Gasteiger partial charge in [-0.1, -0.05) is 38.8 Å². The first-order valence-corrected chi connectivity index (χ1v) is 38.7. The van der Waals surface area contributed by atoms with Gasteiger partial charge in [0, 0.05) is 33.9 Å². The Morgan fingerprint density at radius 2 is 0.952 bits per heavy atom. The van der Waals surface area contributed by atoms with Gasteiger partial charge in [-0.05, 0) is 65.6 Å². The summed E-state index contributed by atoms with van der Waals surface area (Å²) in [5.41, 5.74) is 5.04. The molecule has 0 spiro atoms. The number of aromatic nitrogens is 16. The zero-order chi connectivity index (χ0) is 75.5. The van der Waals surface area contributed by atoms with Gasteiger partial charge in [0.05, 0.1) is 57.8 Å². The molecular weight excluding hydrogens is 1600 g/mol. The fraction of sp³-hybridized carbons (Fsp3) is 0.508. The van der Waals surface area contributed by atoms with E-state index in [0.717, 1.165) is 51.9 Å². The number of aliphatic imine (C=N–C) groups is 2. The van der Waals surface area contributed by atoms with Gasteiger partial charge in [0.1, 0.15) is 124 Å².